The maximum Gasteiger partial charge on any atom is 0.253 e. The first kappa shape index (κ1) is 20.3. The average Bonchev–Trinajstić information content (AvgIpc) is 2.74. The van der Waals surface area contributed by atoms with Gasteiger partial charge in [0.05, 0.1) is 20.3 Å². The molecule has 0 N–H and O–H groups in total. The Bertz CT molecular complexity index is 925. The van der Waals surface area contributed by atoms with Crippen LogP contribution in [0.25, 0.3) is 0 Å². The molecular weight excluding hydrogens is 380 g/mol. The maximum absolute atomic E-state index is 13.1. The molecule has 0 radical (unpaired) electrons. The summed E-state index contributed by atoms with van der Waals surface area (Å²) < 4.78 is 38.0. The van der Waals surface area contributed by atoms with Gasteiger partial charge in [-0.25, -0.2) is 8.42 Å². The molecule has 2 aromatic carbocycles. The van der Waals surface area contributed by atoms with Crippen LogP contribution >= 0.6 is 0 Å². The van der Waals surface area contributed by atoms with E-state index < -0.39 is 10.0 Å². The molecule has 1 saturated heterocycles. The van der Waals surface area contributed by atoms with Crippen LogP contribution < -0.4 is 4.74 Å². The summed E-state index contributed by atoms with van der Waals surface area (Å²) >= 11 is 0. The SMILES string of the molecule is COc1ccc(C(=O)N(C)Cc2ccccc2)cc1S(=O)(=O)N1CCOCC1. The predicted octanol–water partition coefficient (Wildman–Crippen LogP) is 1.99. The maximum atomic E-state index is 13.1. The summed E-state index contributed by atoms with van der Waals surface area (Å²) in [5, 5.41) is 0. The number of nitrogens with zero attached hydrogens (tertiary/aromatic N) is 2. The number of hydrogen-bond acceptors (Lipinski definition) is 5. The Kier molecular flexibility index (Phi) is 6.33. The molecule has 0 saturated carbocycles. The minimum absolute atomic E-state index is 0.00383. The Labute approximate surface area is 165 Å². The summed E-state index contributed by atoms with van der Waals surface area (Å²) in [6, 6.07) is 14.1. The van der Waals surface area contributed by atoms with Crippen molar-refractivity contribution < 1.29 is 22.7 Å². The highest BCUT2D eigenvalue weighted by atomic mass is 32.2. The first-order valence-corrected chi connectivity index (χ1v) is 10.4. The molecule has 0 aromatic heterocycles. The van der Waals surface area contributed by atoms with E-state index in [0.717, 1.165) is 5.56 Å². The van der Waals surface area contributed by atoms with Crippen molar-refractivity contribution in [2.45, 2.75) is 11.4 Å². The lowest BCUT2D eigenvalue weighted by atomic mass is 10.1. The van der Waals surface area contributed by atoms with Crippen LogP contribution in [0.4, 0.5) is 0 Å². The van der Waals surface area contributed by atoms with Gasteiger partial charge in [-0.1, -0.05) is 30.3 Å². The summed E-state index contributed by atoms with van der Waals surface area (Å²) in [6.45, 7) is 1.67. The number of hydrogen-bond donors (Lipinski definition) is 0. The van der Waals surface area contributed by atoms with Gasteiger partial charge in [0.1, 0.15) is 10.6 Å². The van der Waals surface area contributed by atoms with Crippen LogP contribution in [0.5, 0.6) is 5.75 Å². The van der Waals surface area contributed by atoms with Crippen molar-refractivity contribution in [3.63, 3.8) is 0 Å². The number of ether oxygens (including phenoxy) is 2. The van der Waals surface area contributed by atoms with Gasteiger partial charge in [0, 0.05) is 32.2 Å². The highest BCUT2D eigenvalue weighted by Crippen LogP contribution is 2.29. The molecule has 8 heteroatoms. The third-order valence-electron chi connectivity index (χ3n) is 4.61. The summed E-state index contributed by atoms with van der Waals surface area (Å²) in [6.07, 6.45) is 0. The third kappa shape index (κ3) is 4.35. The van der Waals surface area contributed by atoms with Crippen molar-refractivity contribution in [2.75, 3.05) is 40.5 Å². The Morgan fingerprint density at radius 3 is 2.46 bits per heavy atom. The number of rotatable bonds is 6. The van der Waals surface area contributed by atoms with Gasteiger partial charge >= 0.3 is 0 Å². The predicted molar refractivity (Wildman–Crippen MR) is 105 cm³/mol. The van der Waals surface area contributed by atoms with Gasteiger partial charge in [-0.2, -0.15) is 4.31 Å². The van der Waals surface area contributed by atoms with Crippen molar-refractivity contribution in [1.29, 1.82) is 0 Å². The first-order valence-electron chi connectivity index (χ1n) is 8.99. The number of carbonyl (C=O) groups excluding carboxylic acids is 1. The van der Waals surface area contributed by atoms with Crippen LogP contribution in [0, 0.1) is 0 Å². The van der Waals surface area contributed by atoms with E-state index in [1.165, 1.54) is 23.5 Å². The van der Waals surface area contributed by atoms with Gasteiger partial charge in [-0.05, 0) is 23.8 Å². The van der Waals surface area contributed by atoms with Crippen molar-refractivity contribution >= 4 is 15.9 Å². The van der Waals surface area contributed by atoms with Crippen LogP contribution in [0.1, 0.15) is 15.9 Å². The molecule has 3 rings (SSSR count). The number of carbonyl (C=O) groups is 1. The zero-order valence-electron chi connectivity index (χ0n) is 16.0. The molecule has 2 aromatic rings. The van der Waals surface area contributed by atoms with Gasteiger partial charge in [0.15, 0.2) is 0 Å². The Morgan fingerprint density at radius 2 is 1.82 bits per heavy atom. The molecule has 0 bridgehead atoms. The Balaban J connectivity index is 1.88. The Morgan fingerprint density at radius 1 is 1.14 bits per heavy atom. The van der Waals surface area contributed by atoms with Gasteiger partial charge in [0.25, 0.3) is 5.91 Å². The van der Waals surface area contributed by atoms with Gasteiger partial charge < -0.3 is 14.4 Å². The molecule has 28 heavy (non-hydrogen) atoms. The molecule has 1 aliphatic heterocycles. The number of methoxy groups -OCH3 is 1. The van der Waals surface area contributed by atoms with E-state index in [0.29, 0.717) is 25.3 Å². The highest BCUT2D eigenvalue weighted by Gasteiger charge is 2.30. The fraction of sp³-hybridized carbons (Fsp3) is 0.350. The monoisotopic (exact) mass is 404 g/mol. The molecule has 0 unspecified atom stereocenters. The lowest BCUT2D eigenvalue weighted by molar-refractivity contribution is 0.0729. The van der Waals surface area contributed by atoms with Crippen LogP contribution in [-0.4, -0.2) is 64.0 Å². The van der Waals surface area contributed by atoms with Crippen LogP contribution in [-0.2, 0) is 21.3 Å². The van der Waals surface area contributed by atoms with Crippen LogP contribution in [0.3, 0.4) is 0 Å². The molecule has 1 aliphatic rings. The van der Waals surface area contributed by atoms with E-state index in [9.17, 15) is 13.2 Å². The zero-order chi connectivity index (χ0) is 20.1. The quantitative estimate of drug-likeness (QED) is 0.736. The summed E-state index contributed by atoms with van der Waals surface area (Å²) in [5.41, 5.74) is 1.29. The molecule has 0 aliphatic carbocycles. The molecule has 0 spiro atoms. The van der Waals surface area contributed by atoms with Crippen molar-refractivity contribution in [1.82, 2.24) is 9.21 Å². The highest BCUT2D eigenvalue weighted by molar-refractivity contribution is 7.89. The fourth-order valence-electron chi connectivity index (χ4n) is 3.09. The van der Waals surface area contributed by atoms with E-state index in [1.807, 2.05) is 30.3 Å². The van der Waals surface area contributed by atoms with E-state index in [2.05, 4.69) is 0 Å². The van der Waals surface area contributed by atoms with Crippen molar-refractivity contribution in [3.05, 3.63) is 59.7 Å². The zero-order valence-corrected chi connectivity index (χ0v) is 16.8. The smallest absolute Gasteiger partial charge is 0.253 e. The van der Waals surface area contributed by atoms with Gasteiger partial charge in [-0.15, -0.1) is 0 Å². The minimum Gasteiger partial charge on any atom is -0.495 e. The molecular formula is C20H24N2O5S. The van der Waals surface area contributed by atoms with Crippen LogP contribution in [0.15, 0.2) is 53.4 Å². The second-order valence-corrected chi connectivity index (χ2v) is 8.44. The van der Waals surface area contributed by atoms with E-state index in [4.69, 9.17) is 9.47 Å². The fourth-order valence-corrected chi connectivity index (χ4v) is 4.68. The summed E-state index contributed by atoms with van der Waals surface area (Å²) in [4.78, 5) is 14.4. The van der Waals surface area contributed by atoms with E-state index >= 15 is 0 Å². The molecule has 0 atom stereocenters. The standard InChI is InChI=1S/C20H24N2O5S/c1-21(15-16-6-4-3-5-7-16)20(23)17-8-9-18(26-2)19(14-17)28(24,25)22-10-12-27-13-11-22/h3-9,14H,10-13,15H2,1-2H3. The van der Waals surface area contributed by atoms with Gasteiger partial charge in [0.2, 0.25) is 10.0 Å². The van der Waals surface area contributed by atoms with Crippen molar-refractivity contribution in [2.24, 2.45) is 0 Å². The van der Waals surface area contributed by atoms with Crippen molar-refractivity contribution in [3.8, 4) is 5.75 Å². The molecule has 1 amide bonds. The van der Waals surface area contributed by atoms with Gasteiger partial charge in [-0.3, -0.25) is 4.79 Å². The lowest BCUT2D eigenvalue weighted by Gasteiger charge is -2.27. The second-order valence-electron chi connectivity index (χ2n) is 6.53. The van der Waals surface area contributed by atoms with Crippen LogP contribution in [0.2, 0.25) is 0 Å². The number of morpholine rings is 1. The number of sulfonamides is 1. The summed E-state index contributed by atoms with van der Waals surface area (Å²) in [7, 11) is -0.684. The number of amides is 1. The average molecular weight is 404 g/mol. The third-order valence-corrected chi connectivity index (χ3v) is 6.53. The largest absolute Gasteiger partial charge is 0.495 e. The lowest BCUT2D eigenvalue weighted by Crippen LogP contribution is -2.40. The molecule has 150 valence electrons. The molecule has 7 nitrogen and oxygen atoms in total. The normalized spacial score (nSPS) is 15.2. The van der Waals surface area contributed by atoms with E-state index in [1.54, 1.807) is 18.0 Å². The minimum atomic E-state index is -3.79. The number of benzene rings is 2. The summed E-state index contributed by atoms with van der Waals surface area (Å²) in [5.74, 6) is -0.0429. The molecule has 1 fully saturated rings. The molecule has 1 heterocycles. The Hall–Kier alpha value is -2.42. The topological polar surface area (TPSA) is 76.2 Å². The first-order chi connectivity index (χ1) is 13.4. The second kappa shape index (κ2) is 8.72. The van der Waals surface area contributed by atoms with E-state index in [-0.39, 0.29) is 29.6 Å².